The highest BCUT2D eigenvalue weighted by Gasteiger charge is 2.27. The molecule has 0 unspecified atom stereocenters. The Morgan fingerprint density at radius 1 is 1.09 bits per heavy atom. The molecule has 178 valence electrons. The predicted molar refractivity (Wildman–Crippen MR) is 136 cm³/mol. The molecule has 2 heterocycles. The number of aromatic amines is 1. The third-order valence-electron chi connectivity index (χ3n) is 5.40. The first-order valence-corrected chi connectivity index (χ1v) is 11.8. The molecule has 0 bridgehead atoms. The number of aromatic nitrogens is 4. The van der Waals surface area contributed by atoms with E-state index in [0.717, 1.165) is 11.1 Å². The van der Waals surface area contributed by atoms with Crippen LogP contribution in [-0.4, -0.2) is 43.9 Å². The molecule has 34 heavy (non-hydrogen) atoms. The lowest BCUT2D eigenvalue weighted by atomic mass is 10.0. The molecule has 2 aliphatic rings. The van der Waals surface area contributed by atoms with Gasteiger partial charge in [0.05, 0.1) is 15.7 Å². The van der Waals surface area contributed by atoms with E-state index in [-0.39, 0.29) is 18.1 Å². The second-order valence-electron chi connectivity index (χ2n) is 8.75. The van der Waals surface area contributed by atoms with Gasteiger partial charge in [-0.25, -0.2) is 9.67 Å². The standard InChI is InChI=1S/C24H24Cl3N5O2/c1-12(2)21-20-23(32(30-21)22-16(26)9-15(25)10-17(22)27)28-19(29-24(20)34)8-13-5-6-14(11-31(3)4)18(33)7-13/h5-7,9-10,12,30,33H,8,11H2,1-4H3. The lowest BCUT2D eigenvalue weighted by Gasteiger charge is -2.13. The van der Waals surface area contributed by atoms with E-state index >= 15 is 0 Å². The summed E-state index contributed by atoms with van der Waals surface area (Å²) in [4.78, 5) is 24.0. The first kappa shape index (κ1) is 24.5. The van der Waals surface area contributed by atoms with Gasteiger partial charge in [-0.3, -0.25) is 9.89 Å². The molecule has 10 heteroatoms. The van der Waals surface area contributed by atoms with Crippen LogP contribution in [0.1, 0.15) is 42.4 Å². The number of rotatable bonds is 6. The summed E-state index contributed by atoms with van der Waals surface area (Å²) in [5.41, 5.74) is 2.70. The number of benzene rings is 2. The SMILES string of the molecule is CC(C)c1[nH]n(-c2c(Cl)cc(Cl)cc2Cl)c2nc(Cc3ccc(CN(C)C)c(O)c3)nc(=O)c1-2. The molecule has 4 rings (SSSR count). The smallest absolute Gasteiger partial charge is 0.284 e. The van der Waals surface area contributed by atoms with Crippen LogP contribution in [0.2, 0.25) is 15.1 Å². The van der Waals surface area contributed by atoms with E-state index in [1.165, 1.54) is 0 Å². The number of nitrogens with one attached hydrogen (secondary N) is 1. The first-order valence-electron chi connectivity index (χ1n) is 10.7. The quantitative estimate of drug-likeness (QED) is 0.350. The van der Waals surface area contributed by atoms with Crippen LogP contribution in [0, 0.1) is 0 Å². The Bertz CT molecular complexity index is 1370. The molecule has 0 spiro atoms. The van der Waals surface area contributed by atoms with Crippen molar-refractivity contribution >= 4 is 34.8 Å². The summed E-state index contributed by atoms with van der Waals surface area (Å²) in [6.45, 7) is 4.54. The van der Waals surface area contributed by atoms with Gasteiger partial charge in [0.2, 0.25) is 0 Å². The second-order valence-corrected chi connectivity index (χ2v) is 10.0. The predicted octanol–water partition coefficient (Wildman–Crippen LogP) is 5.50. The van der Waals surface area contributed by atoms with Gasteiger partial charge in [0.25, 0.3) is 5.56 Å². The molecular weight excluding hydrogens is 497 g/mol. The summed E-state index contributed by atoms with van der Waals surface area (Å²) in [5, 5.41) is 14.7. The van der Waals surface area contributed by atoms with Crippen molar-refractivity contribution in [1.29, 1.82) is 0 Å². The molecule has 0 fully saturated rings. The number of hydrogen-bond donors (Lipinski definition) is 2. The molecule has 0 aromatic heterocycles. The number of hydrogen-bond acceptors (Lipinski definition) is 5. The summed E-state index contributed by atoms with van der Waals surface area (Å²) in [7, 11) is 3.87. The van der Waals surface area contributed by atoms with Crippen molar-refractivity contribution in [3.8, 4) is 22.8 Å². The number of nitrogens with zero attached hydrogens (tertiary/aromatic N) is 4. The van der Waals surface area contributed by atoms with E-state index in [2.05, 4.69) is 10.1 Å². The summed E-state index contributed by atoms with van der Waals surface area (Å²) < 4.78 is 1.61. The Kier molecular flexibility index (Phi) is 6.92. The number of H-pyrrole nitrogens is 1. The number of phenolic OH excluding ortho intramolecular Hbond substituents is 1. The Hall–Kier alpha value is -2.58. The van der Waals surface area contributed by atoms with Gasteiger partial charge in [-0.1, -0.05) is 60.8 Å². The molecular formula is C24H24Cl3N5O2. The van der Waals surface area contributed by atoms with Crippen LogP contribution in [0.15, 0.2) is 35.1 Å². The van der Waals surface area contributed by atoms with Gasteiger partial charge in [0, 0.05) is 23.6 Å². The van der Waals surface area contributed by atoms with E-state index < -0.39 is 5.56 Å². The lowest BCUT2D eigenvalue weighted by molar-refractivity contribution is 0.385. The maximum absolute atomic E-state index is 13.1. The Balaban J connectivity index is 1.84. The molecule has 0 aliphatic carbocycles. The van der Waals surface area contributed by atoms with Crippen LogP contribution in [0.25, 0.3) is 17.1 Å². The monoisotopic (exact) mass is 519 g/mol. The van der Waals surface area contributed by atoms with E-state index in [0.29, 0.717) is 50.2 Å². The van der Waals surface area contributed by atoms with Crippen molar-refractivity contribution in [2.45, 2.75) is 32.7 Å². The maximum atomic E-state index is 13.1. The van der Waals surface area contributed by atoms with E-state index in [1.807, 2.05) is 45.0 Å². The van der Waals surface area contributed by atoms with Crippen LogP contribution in [0.5, 0.6) is 5.75 Å². The summed E-state index contributed by atoms with van der Waals surface area (Å²) >= 11 is 19.0. The van der Waals surface area contributed by atoms with Crippen molar-refractivity contribution in [2.24, 2.45) is 0 Å². The van der Waals surface area contributed by atoms with Crippen molar-refractivity contribution in [3.05, 3.63) is 78.4 Å². The van der Waals surface area contributed by atoms with Gasteiger partial charge in [-0.05, 0) is 43.8 Å². The zero-order chi connectivity index (χ0) is 24.7. The molecule has 0 atom stereocenters. The Labute approximate surface area is 212 Å². The van der Waals surface area contributed by atoms with Gasteiger partial charge in [-0.15, -0.1) is 0 Å². The van der Waals surface area contributed by atoms with Crippen molar-refractivity contribution in [3.63, 3.8) is 0 Å². The third-order valence-corrected chi connectivity index (χ3v) is 6.19. The Morgan fingerprint density at radius 2 is 1.76 bits per heavy atom. The highest BCUT2D eigenvalue weighted by atomic mass is 35.5. The average Bonchev–Trinajstić information content (AvgIpc) is 3.09. The fourth-order valence-corrected chi connectivity index (χ4v) is 4.87. The van der Waals surface area contributed by atoms with Crippen LogP contribution in [0.3, 0.4) is 0 Å². The lowest BCUT2D eigenvalue weighted by Crippen LogP contribution is -2.18. The highest BCUT2D eigenvalue weighted by molar-refractivity contribution is 6.40. The molecule has 0 saturated carbocycles. The van der Waals surface area contributed by atoms with Crippen molar-refractivity contribution in [2.75, 3.05) is 14.1 Å². The highest BCUT2D eigenvalue weighted by Crippen LogP contribution is 2.36. The van der Waals surface area contributed by atoms with Crippen LogP contribution in [-0.2, 0) is 13.0 Å². The largest absolute Gasteiger partial charge is 0.508 e. The molecule has 0 saturated heterocycles. The third kappa shape index (κ3) is 4.79. The molecule has 0 radical (unpaired) electrons. The number of halogens is 3. The Morgan fingerprint density at radius 3 is 2.35 bits per heavy atom. The van der Waals surface area contributed by atoms with Gasteiger partial charge in [0.1, 0.15) is 22.8 Å². The molecule has 2 aliphatic heterocycles. The minimum Gasteiger partial charge on any atom is -0.508 e. The fourth-order valence-electron chi connectivity index (χ4n) is 3.88. The number of aromatic hydroxyl groups is 1. The van der Waals surface area contributed by atoms with Gasteiger partial charge in [-0.2, -0.15) is 4.98 Å². The zero-order valence-corrected chi connectivity index (χ0v) is 21.4. The molecule has 0 amide bonds. The summed E-state index contributed by atoms with van der Waals surface area (Å²) in [6, 6.07) is 8.60. The van der Waals surface area contributed by atoms with Crippen molar-refractivity contribution < 1.29 is 5.11 Å². The van der Waals surface area contributed by atoms with Crippen molar-refractivity contribution in [1.82, 2.24) is 24.6 Å². The summed E-state index contributed by atoms with van der Waals surface area (Å²) in [5.74, 6) is 0.880. The van der Waals surface area contributed by atoms with Gasteiger partial charge >= 0.3 is 0 Å². The molecule has 2 N–H and O–H groups in total. The zero-order valence-electron chi connectivity index (χ0n) is 19.2. The van der Waals surface area contributed by atoms with Gasteiger partial charge in [0.15, 0.2) is 5.82 Å². The van der Waals surface area contributed by atoms with E-state index in [4.69, 9.17) is 39.8 Å². The normalized spacial score (nSPS) is 11.8. The average molecular weight is 521 g/mol. The molecule has 2 aromatic rings. The first-order chi connectivity index (χ1) is 16.0. The minimum atomic E-state index is -0.395. The maximum Gasteiger partial charge on any atom is 0.284 e. The number of phenols is 1. The number of fused-ring (bicyclic) bond motifs is 1. The van der Waals surface area contributed by atoms with E-state index in [1.54, 1.807) is 22.9 Å². The van der Waals surface area contributed by atoms with Crippen LogP contribution < -0.4 is 5.56 Å². The topological polar surface area (TPSA) is 87.0 Å². The van der Waals surface area contributed by atoms with Crippen LogP contribution >= 0.6 is 34.8 Å². The molecule has 2 aromatic carbocycles. The van der Waals surface area contributed by atoms with E-state index in [9.17, 15) is 9.90 Å². The second kappa shape index (κ2) is 9.58. The molecule has 7 nitrogen and oxygen atoms in total. The summed E-state index contributed by atoms with van der Waals surface area (Å²) in [6.07, 6.45) is 0.269. The van der Waals surface area contributed by atoms with Gasteiger partial charge < -0.3 is 10.0 Å². The minimum absolute atomic E-state index is 0.00283. The fraction of sp³-hybridized carbons (Fsp3) is 0.292. The van der Waals surface area contributed by atoms with Crippen LogP contribution in [0.4, 0.5) is 0 Å².